The molecule has 10 aromatic rings. The number of halogens is 2. The quantitative estimate of drug-likeness (QED) is 0.0645. The molecular weight excluding hydrogens is 1290 g/mol. The van der Waals surface area contributed by atoms with Crippen LogP contribution in [0.4, 0.5) is 8.78 Å². The Hall–Kier alpha value is -6.87. The number of phenols is 2. The molecule has 0 unspecified atom stereocenters. The van der Waals surface area contributed by atoms with E-state index in [1.807, 2.05) is 13.8 Å². The predicted molar refractivity (Wildman–Crippen MR) is 428 cm³/mol. The first-order chi connectivity index (χ1) is 46.3. The van der Waals surface area contributed by atoms with E-state index in [1.54, 1.807) is 0 Å². The summed E-state index contributed by atoms with van der Waals surface area (Å²) in [5.74, 6) is 0.129. The van der Waals surface area contributed by atoms with Gasteiger partial charge in [-0.05, 0) is 255 Å². The molecule has 1 fully saturated rings. The number of aromatic hydroxyl groups is 2. The zero-order chi connectivity index (χ0) is 73.4. The molecular formula is C94H117F2O5Sc-. The maximum atomic E-state index is 16.4. The Morgan fingerprint density at radius 2 is 0.647 bits per heavy atom. The molecule has 102 heavy (non-hydrogen) atoms. The number of hydrogen-bond donors (Lipinski definition) is 2. The van der Waals surface area contributed by atoms with Crippen LogP contribution in [0.15, 0.2) is 133 Å². The first-order valence-corrected chi connectivity index (χ1v) is 36.5. The molecule has 5 nitrogen and oxygen atoms in total. The van der Waals surface area contributed by atoms with Crippen molar-refractivity contribution in [2.75, 3.05) is 26.4 Å². The van der Waals surface area contributed by atoms with Gasteiger partial charge in [-0.25, -0.2) is 8.78 Å². The fraction of sp³-hybridized carbons (Fsp3) is 0.436. The minimum Gasteiger partial charge on any atom is -0.507 e. The van der Waals surface area contributed by atoms with Gasteiger partial charge in [0.2, 0.25) is 0 Å². The minimum atomic E-state index is -0.441. The van der Waals surface area contributed by atoms with E-state index >= 15 is 8.78 Å². The van der Waals surface area contributed by atoms with E-state index in [0.717, 1.165) is 91.4 Å². The molecule has 1 aliphatic rings. The van der Waals surface area contributed by atoms with Crippen molar-refractivity contribution >= 4 is 43.1 Å². The molecule has 0 saturated carbocycles. The van der Waals surface area contributed by atoms with Gasteiger partial charge in [0, 0.05) is 90.0 Å². The number of aryl methyl sites for hydroxylation is 2. The monoisotopic (exact) mass is 1410 g/mol. The van der Waals surface area contributed by atoms with Gasteiger partial charge in [-0.2, -0.15) is 0 Å². The summed E-state index contributed by atoms with van der Waals surface area (Å²) < 4.78 is 51.5. The van der Waals surface area contributed by atoms with Crippen molar-refractivity contribution < 1.29 is 59.0 Å². The molecule has 0 amide bonds. The fourth-order valence-corrected chi connectivity index (χ4v) is 15.5. The van der Waals surface area contributed by atoms with E-state index in [4.69, 9.17) is 14.2 Å². The van der Waals surface area contributed by atoms with Gasteiger partial charge in [-0.15, -0.1) is 0 Å². The zero-order valence-corrected chi connectivity index (χ0v) is 68.3. The third kappa shape index (κ3) is 17.9. The standard InChI is InChI=1S/C89H106F2O4.C4H8O.CH3.Sc/c1-52-36-64(90)48-72(70-44-62(88(21,22)50-82(3,4)5)46-74(78(70)92)76-66-40-58(84(9,10)11)30-26-54(66)38-55-27-31-59(41-67(55)76)85(12,13)14)80(52)94-34-25-35-95-81-53(2)37-65(91)49-73(81)71-45-63(89(23,24)51-83(6,7)8)47-75(79(71)93)77-68-42-60(86(15,16)17)32-28-56(68)39-57-29-33-61(43-69(57)77)87(18,19)20;1-2-4-5-3-1;;/h26-33,36-49,92-93H,25,34-35,50-51H2,1-24H3;1-4H2;1H3;/q;;-1;. The summed E-state index contributed by atoms with van der Waals surface area (Å²) >= 11 is 0. The zero-order valence-electron chi connectivity index (χ0n) is 66.5. The smallest absolute Gasteiger partial charge is 0.131 e. The van der Waals surface area contributed by atoms with Crippen LogP contribution in [-0.2, 0) is 63.1 Å². The Morgan fingerprint density at radius 3 is 0.902 bits per heavy atom. The Morgan fingerprint density at radius 1 is 0.363 bits per heavy atom. The second-order valence-corrected chi connectivity index (χ2v) is 36.9. The van der Waals surface area contributed by atoms with Gasteiger partial charge in [0.25, 0.3) is 0 Å². The molecule has 10 aromatic carbocycles. The second-order valence-electron chi connectivity index (χ2n) is 36.9. The Balaban J connectivity index is 0.00000181. The van der Waals surface area contributed by atoms with E-state index in [1.165, 1.54) is 59.4 Å². The SMILES string of the molecule is C1CCOC1.Cc1cc(F)cc(-c2cc(C(C)(C)CC(C)(C)C)cc(-c3c4cc(C(C)(C)C)ccc4cc4ccc(C(C)(C)C)cc34)c2O)c1OCCCOc1c(C)cc(F)cc1-c1cc(C(C)(C)CC(C)(C)C)cc(-c2c3cc(C(C)(C)C)ccc3cc3ccc(C(C)(C)C)cc23)c1O.[CH3-].[Sc]. The number of benzene rings is 10. The fourth-order valence-electron chi connectivity index (χ4n) is 15.5. The first-order valence-electron chi connectivity index (χ1n) is 36.5. The van der Waals surface area contributed by atoms with Crippen molar-refractivity contribution in [3.8, 4) is 67.5 Å². The van der Waals surface area contributed by atoms with E-state index in [-0.39, 0.29) is 101 Å². The number of hydrogen-bond acceptors (Lipinski definition) is 5. The van der Waals surface area contributed by atoms with Crippen molar-refractivity contribution in [3.05, 3.63) is 197 Å². The van der Waals surface area contributed by atoms with Gasteiger partial charge >= 0.3 is 0 Å². The molecule has 0 spiro atoms. The van der Waals surface area contributed by atoms with Gasteiger partial charge in [-0.3, -0.25) is 0 Å². The maximum absolute atomic E-state index is 16.4. The summed E-state index contributed by atoms with van der Waals surface area (Å²) in [7, 11) is 0. The Labute approximate surface area is 630 Å². The van der Waals surface area contributed by atoms with Gasteiger partial charge in [0.1, 0.15) is 34.6 Å². The number of rotatable bonds is 14. The molecule has 0 bridgehead atoms. The molecule has 0 aromatic heterocycles. The van der Waals surface area contributed by atoms with Gasteiger partial charge in [0.15, 0.2) is 0 Å². The summed E-state index contributed by atoms with van der Waals surface area (Å²) in [6.45, 7) is 55.4. The van der Waals surface area contributed by atoms with Crippen molar-refractivity contribution in [2.24, 2.45) is 10.8 Å². The predicted octanol–water partition coefficient (Wildman–Crippen LogP) is 27.0. The van der Waals surface area contributed by atoms with Gasteiger partial charge < -0.3 is 31.9 Å². The van der Waals surface area contributed by atoms with Crippen LogP contribution in [0.3, 0.4) is 0 Å². The summed E-state index contributed by atoms with van der Waals surface area (Å²) in [6.07, 6.45) is 4.62. The normalized spacial score (nSPS) is 13.5. The van der Waals surface area contributed by atoms with Crippen molar-refractivity contribution in [1.29, 1.82) is 0 Å². The molecule has 1 saturated heterocycles. The van der Waals surface area contributed by atoms with Crippen LogP contribution >= 0.6 is 0 Å². The van der Waals surface area contributed by atoms with E-state index in [2.05, 4.69) is 262 Å². The van der Waals surface area contributed by atoms with Crippen LogP contribution in [0.5, 0.6) is 23.0 Å². The second kappa shape index (κ2) is 29.9. The van der Waals surface area contributed by atoms with Crippen LogP contribution in [0.25, 0.3) is 87.6 Å². The van der Waals surface area contributed by atoms with Crippen LogP contribution in [-0.4, -0.2) is 36.6 Å². The largest absolute Gasteiger partial charge is 0.507 e. The van der Waals surface area contributed by atoms with Gasteiger partial charge in [0.05, 0.1) is 13.2 Å². The minimum absolute atomic E-state index is 0. The third-order valence-electron chi connectivity index (χ3n) is 20.3. The van der Waals surface area contributed by atoms with Crippen LogP contribution in [0.1, 0.15) is 229 Å². The summed E-state index contributed by atoms with van der Waals surface area (Å²) in [4.78, 5) is 0. The molecule has 1 heterocycles. The summed E-state index contributed by atoms with van der Waals surface area (Å²) in [5.41, 5.74) is 11.5. The third-order valence-corrected chi connectivity index (χ3v) is 20.3. The van der Waals surface area contributed by atoms with E-state index < -0.39 is 11.6 Å². The first kappa shape index (κ1) is 80.8. The summed E-state index contributed by atoms with van der Waals surface area (Å²) in [6, 6.07) is 45.8. The number of ether oxygens (including phenoxy) is 3. The molecule has 8 heteroatoms. The molecule has 0 atom stereocenters. The van der Waals surface area contributed by atoms with Crippen molar-refractivity contribution in [3.63, 3.8) is 0 Å². The van der Waals surface area contributed by atoms with Crippen LogP contribution in [0, 0.1) is 43.7 Å². The summed E-state index contributed by atoms with van der Waals surface area (Å²) in [5, 5.41) is 35.1. The maximum Gasteiger partial charge on any atom is 0.131 e. The molecule has 11 rings (SSSR count). The van der Waals surface area contributed by atoms with Crippen LogP contribution < -0.4 is 9.47 Å². The van der Waals surface area contributed by atoms with Crippen LogP contribution in [0.2, 0.25) is 0 Å². The molecule has 541 valence electrons. The van der Waals surface area contributed by atoms with E-state index in [0.29, 0.717) is 62.4 Å². The molecule has 1 aliphatic heterocycles. The average Bonchev–Trinajstić information content (AvgIpc) is 0.861. The molecule has 2 N–H and O–H groups in total. The van der Waals surface area contributed by atoms with Crippen molar-refractivity contribution in [2.45, 2.75) is 231 Å². The Kier molecular flexibility index (Phi) is 23.7. The molecule has 1 radical (unpaired) electrons. The number of phenolic OH excluding ortho intramolecular Hbond substituents is 2. The number of fused-ring (bicyclic) bond motifs is 4. The Bertz CT molecular complexity index is 4290. The average molecular weight is 1410 g/mol. The van der Waals surface area contributed by atoms with Gasteiger partial charge in [-0.1, -0.05) is 201 Å². The topological polar surface area (TPSA) is 68.2 Å². The van der Waals surface area contributed by atoms with E-state index in [9.17, 15) is 10.2 Å². The van der Waals surface area contributed by atoms with Crippen molar-refractivity contribution in [1.82, 2.24) is 0 Å². The molecule has 0 aliphatic carbocycles.